The highest BCUT2D eigenvalue weighted by Gasteiger charge is 2.29. The number of ether oxygens (including phenoxy) is 1. The minimum atomic E-state index is -3.16. The molecular formula is C20H21N3O7S. The van der Waals surface area contributed by atoms with E-state index in [0.29, 0.717) is 18.7 Å². The molecule has 1 fully saturated rings. The van der Waals surface area contributed by atoms with Crippen LogP contribution in [0.4, 0.5) is 11.4 Å². The van der Waals surface area contributed by atoms with Crippen LogP contribution in [0.3, 0.4) is 0 Å². The normalized spacial score (nSPS) is 17.0. The number of hydrogen-bond acceptors (Lipinski definition) is 8. The topological polar surface area (TPSA) is 145 Å². The molecule has 0 saturated carbocycles. The molecule has 1 amide bonds. The fraction of sp³-hybridized carbons (Fsp3) is 0.300. The maximum absolute atomic E-state index is 12.5. The largest absolute Gasteiger partial charge is 0.452 e. The first-order chi connectivity index (χ1) is 14.7. The van der Waals surface area contributed by atoms with Gasteiger partial charge in [0.1, 0.15) is 0 Å². The molecule has 0 bridgehead atoms. The van der Waals surface area contributed by atoms with Crippen molar-refractivity contribution in [2.45, 2.75) is 19.0 Å². The van der Waals surface area contributed by atoms with Gasteiger partial charge in [0.2, 0.25) is 0 Å². The summed E-state index contributed by atoms with van der Waals surface area (Å²) in [5.41, 5.74) is 0.881. The van der Waals surface area contributed by atoms with Gasteiger partial charge in [-0.05, 0) is 18.1 Å². The number of nitrogens with zero attached hydrogens (tertiary/aromatic N) is 1. The zero-order chi connectivity index (χ0) is 22.4. The van der Waals surface area contributed by atoms with Crippen LogP contribution in [0.5, 0.6) is 0 Å². The van der Waals surface area contributed by atoms with E-state index < -0.39 is 39.3 Å². The Hall–Kier alpha value is -3.47. The molecule has 1 aliphatic heterocycles. The third-order valence-electron chi connectivity index (χ3n) is 4.69. The first-order valence-electron chi connectivity index (χ1n) is 9.47. The second-order valence-electron chi connectivity index (χ2n) is 7.07. The Labute approximate surface area is 178 Å². The van der Waals surface area contributed by atoms with Gasteiger partial charge in [-0.1, -0.05) is 30.3 Å². The lowest BCUT2D eigenvalue weighted by atomic mass is 10.1. The highest BCUT2D eigenvalue weighted by molar-refractivity contribution is 7.91. The van der Waals surface area contributed by atoms with Gasteiger partial charge in [0.25, 0.3) is 11.6 Å². The number of hydrogen-bond donors (Lipinski definition) is 2. The highest BCUT2D eigenvalue weighted by atomic mass is 32.2. The number of anilines is 1. The maximum Gasteiger partial charge on any atom is 0.341 e. The Balaban J connectivity index is 1.65. The molecule has 1 heterocycles. The highest BCUT2D eigenvalue weighted by Crippen LogP contribution is 2.24. The molecule has 0 unspecified atom stereocenters. The Kier molecular flexibility index (Phi) is 6.85. The van der Waals surface area contributed by atoms with E-state index in [2.05, 4.69) is 10.6 Å². The molecule has 2 aromatic carbocycles. The van der Waals surface area contributed by atoms with Gasteiger partial charge in [0.15, 0.2) is 16.4 Å². The third kappa shape index (κ3) is 6.25. The first-order valence-corrected chi connectivity index (χ1v) is 11.3. The summed E-state index contributed by atoms with van der Waals surface area (Å²) in [5, 5.41) is 16.7. The lowest BCUT2D eigenvalue weighted by molar-refractivity contribution is -0.384. The van der Waals surface area contributed by atoms with Crippen LogP contribution in [0, 0.1) is 10.1 Å². The Morgan fingerprint density at radius 2 is 1.90 bits per heavy atom. The van der Waals surface area contributed by atoms with E-state index in [1.807, 2.05) is 30.3 Å². The van der Waals surface area contributed by atoms with Crippen LogP contribution in [0.1, 0.15) is 22.3 Å². The number of sulfone groups is 1. The summed E-state index contributed by atoms with van der Waals surface area (Å²) in [6.07, 6.45) is 0.306. The van der Waals surface area contributed by atoms with Crippen LogP contribution < -0.4 is 10.6 Å². The number of esters is 1. The van der Waals surface area contributed by atoms with Gasteiger partial charge >= 0.3 is 5.97 Å². The van der Waals surface area contributed by atoms with E-state index in [4.69, 9.17) is 4.74 Å². The van der Waals surface area contributed by atoms with Crippen molar-refractivity contribution in [3.05, 3.63) is 69.8 Å². The minimum absolute atomic E-state index is 0.00185. The Morgan fingerprint density at radius 3 is 2.55 bits per heavy atom. The Bertz CT molecular complexity index is 1090. The average Bonchev–Trinajstić information content (AvgIpc) is 3.09. The molecule has 0 radical (unpaired) electrons. The average molecular weight is 447 g/mol. The Morgan fingerprint density at radius 1 is 1.16 bits per heavy atom. The lowest BCUT2D eigenvalue weighted by Crippen LogP contribution is -2.38. The summed E-state index contributed by atoms with van der Waals surface area (Å²) in [6, 6.07) is 12.6. The summed E-state index contributed by atoms with van der Waals surface area (Å²) >= 11 is 0. The molecule has 11 heteroatoms. The molecule has 0 aromatic heterocycles. The molecule has 1 atom stereocenters. The molecule has 164 valence electrons. The van der Waals surface area contributed by atoms with Crippen molar-refractivity contribution < 1.29 is 27.7 Å². The number of nitro benzene ring substituents is 1. The zero-order valence-electron chi connectivity index (χ0n) is 16.4. The van der Waals surface area contributed by atoms with Gasteiger partial charge in [-0.2, -0.15) is 0 Å². The SMILES string of the molecule is O=C(COC(=O)c1cc([N+](=O)[O-])ccc1NCc1ccccc1)N[C@H]1CCS(=O)(=O)C1. The number of carbonyl (C=O) groups is 2. The zero-order valence-corrected chi connectivity index (χ0v) is 17.3. The van der Waals surface area contributed by atoms with Gasteiger partial charge in [-0.3, -0.25) is 14.9 Å². The van der Waals surface area contributed by atoms with Gasteiger partial charge < -0.3 is 15.4 Å². The van der Waals surface area contributed by atoms with Crippen LogP contribution in [0.25, 0.3) is 0 Å². The van der Waals surface area contributed by atoms with Crippen LogP contribution in [0.2, 0.25) is 0 Å². The number of rotatable bonds is 8. The fourth-order valence-corrected chi connectivity index (χ4v) is 4.82. The summed E-state index contributed by atoms with van der Waals surface area (Å²) in [4.78, 5) is 35.0. The predicted octanol–water partition coefficient (Wildman–Crippen LogP) is 1.67. The third-order valence-corrected chi connectivity index (χ3v) is 6.46. The van der Waals surface area contributed by atoms with Crippen LogP contribution >= 0.6 is 0 Å². The van der Waals surface area contributed by atoms with Crippen molar-refractivity contribution in [1.29, 1.82) is 0 Å². The van der Waals surface area contributed by atoms with Crippen molar-refractivity contribution >= 4 is 33.1 Å². The summed E-state index contributed by atoms with van der Waals surface area (Å²) in [6.45, 7) is -0.258. The van der Waals surface area contributed by atoms with Gasteiger partial charge in [-0.15, -0.1) is 0 Å². The maximum atomic E-state index is 12.5. The van der Waals surface area contributed by atoms with Crippen LogP contribution in [0.15, 0.2) is 48.5 Å². The van der Waals surface area contributed by atoms with Crippen molar-refractivity contribution in [1.82, 2.24) is 5.32 Å². The quantitative estimate of drug-likeness (QED) is 0.353. The number of carbonyl (C=O) groups excluding carboxylic acids is 2. The molecule has 31 heavy (non-hydrogen) atoms. The van der Waals surface area contributed by atoms with E-state index in [9.17, 15) is 28.1 Å². The second kappa shape index (κ2) is 9.56. The molecule has 1 saturated heterocycles. The standard InChI is InChI=1S/C20H21N3O7S/c24-19(22-15-8-9-31(28,29)13-15)12-30-20(25)17-10-16(23(26)27)6-7-18(17)21-11-14-4-2-1-3-5-14/h1-7,10,15,21H,8-9,11-13H2,(H,22,24)/t15-/m0/s1. The van der Waals surface area contributed by atoms with Crippen molar-refractivity contribution in [2.75, 3.05) is 23.4 Å². The lowest BCUT2D eigenvalue weighted by Gasteiger charge is -2.13. The van der Waals surface area contributed by atoms with Crippen LogP contribution in [-0.2, 0) is 25.9 Å². The number of nitro groups is 1. The van der Waals surface area contributed by atoms with Crippen molar-refractivity contribution in [3.63, 3.8) is 0 Å². The van der Waals surface area contributed by atoms with Gasteiger partial charge in [0.05, 0.1) is 22.0 Å². The van der Waals surface area contributed by atoms with Crippen LogP contribution in [-0.4, -0.2) is 49.4 Å². The van der Waals surface area contributed by atoms with E-state index in [1.165, 1.54) is 12.1 Å². The number of nitrogens with one attached hydrogen (secondary N) is 2. The van der Waals surface area contributed by atoms with Crippen molar-refractivity contribution in [2.24, 2.45) is 0 Å². The van der Waals surface area contributed by atoms with E-state index in [1.54, 1.807) is 0 Å². The van der Waals surface area contributed by atoms with Gasteiger partial charge in [0, 0.05) is 30.4 Å². The molecule has 1 aliphatic rings. The molecule has 10 nitrogen and oxygen atoms in total. The summed E-state index contributed by atoms with van der Waals surface area (Å²) < 4.78 is 27.9. The monoisotopic (exact) mass is 447 g/mol. The fourth-order valence-electron chi connectivity index (χ4n) is 3.15. The minimum Gasteiger partial charge on any atom is -0.452 e. The molecular weight excluding hydrogens is 426 g/mol. The van der Waals surface area contributed by atoms with E-state index in [0.717, 1.165) is 11.6 Å². The molecule has 2 N–H and O–H groups in total. The van der Waals surface area contributed by atoms with Crippen molar-refractivity contribution in [3.8, 4) is 0 Å². The smallest absolute Gasteiger partial charge is 0.341 e. The predicted molar refractivity (Wildman–Crippen MR) is 112 cm³/mol. The number of benzene rings is 2. The summed E-state index contributed by atoms with van der Waals surface area (Å²) in [7, 11) is -3.16. The first kappa shape index (κ1) is 22.2. The summed E-state index contributed by atoms with van der Waals surface area (Å²) in [5.74, 6) is -1.69. The number of non-ortho nitro benzene ring substituents is 1. The van der Waals surface area contributed by atoms with E-state index >= 15 is 0 Å². The molecule has 0 spiro atoms. The second-order valence-corrected chi connectivity index (χ2v) is 9.30. The molecule has 2 aromatic rings. The van der Waals surface area contributed by atoms with E-state index in [-0.39, 0.29) is 22.8 Å². The molecule has 3 rings (SSSR count). The molecule has 0 aliphatic carbocycles. The number of amides is 1. The van der Waals surface area contributed by atoms with Gasteiger partial charge in [-0.25, -0.2) is 13.2 Å².